The van der Waals surface area contributed by atoms with Gasteiger partial charge in [-0.15, -0.1) is 0 Å². The van der Waals surface area contributed by atoms with Crippen molar-refractivity contribution >= 4 is 15.9 Å². The van der Waals surface area contributed by atoms with Gasteiger partial charge in [-0.05, 0) is 30.5 Å². The maximum atomic E-state index is 13.7. The van der Waals surface area contributed by atoms with Crippen LogP contribution in [0, 0.1) is 11.7 Å². The number of hydrogen-bond donors (Lipinski definition) is 2. The molecule has 2 unspecified atom stereocenters. The first-order valence-corrected chi connectivity index (χ1v) is 6.48. The predicted molar refractivity (Wildman–Crippen MR) is 67.8 cm³/mol. The van der Waals surface area contributed by atoms with Crippen LogP contribution in [0.2, 0.25) is 0 Å². The van der Waals surface area contributed by atoms with Gasteiger partial charge in [0, 0.05) is 23.0 Å². The number of benzene rings is 1. The van der Waals surface area contributed by atoms with Crippen LogP contribution in [0.25, 0.3) is 0 Å². The van der Waals surface area contributed by atoms with E-state index in [1.165, 1.54) is 6.07 Å². The van der Waals surface area contributed by atoms with E-state index in [4.69, 9.17) is 10.6 Å². The fourth-order valence-corrected chi connectivity index (χ4v) is 2.49. The predicted octanol–water partition coefficient (Wildman–Crippen LogP) is 2.00. The molecule has 0 aliphatic carbocycles. The Morgan fingerprint density at radius 2 is 2.41 bits per heavy atom. The summed E-state index contributed by atoms with van der Waals surface area (Å²) >= 11 is 3.25. The van der Waals surface area contributed by atoms with Crippen molar-refractivity contribution in [1.82, 2.24) is 5.43 Å². The van der Waals surface area contributed by atoms with Crippen LogP contribution < -0.4 is 11.3 Å². The second-order valence-corrected chi connectivity index (χ2v) is 5.25. The van der Waals surface area contributed by atoms with Crippen molar-refractivity contribution in [3.63, 3.8) is 0 Å². The maximum Gasteiger partial charge on any atom is 0.127 e. The molecule has 94 valence electrons. The molecule has 1 aliphatic rings. The van der Waals surface area contributed by atoms with Gasteiger partial charge in [-0.25, -0.2) is 4.39 Å². The zero-order valence-electron chi connectivity index (χ0n) is 9.46. The molecular formula is C12H16BrFN2O. The summed E-state index contributed by atoms with van der Waals surface area (Å²) in [5.41, 5.74) is 3.46. The zero-order chi connectivity index (χ0) is 12.3. The number of nitrogens with one attached hydrogen (secondary N) is 1. The number of hydrazine groups is 1. The van der Waals surface area contributed by atoms with Crippen molar-refractivity contribution in [3.8, 4) is 0 Å². The van der Waals surface area contributed by atoms with Gasteiger partial charge >= 0.3 is 0 Å². The Morgan fingerprint density at radius 1 is 1.59 bits per heavy atom. The lowest BCUT2D eigenvalue weighted by Crippen LogP contribution is -2.42. The van der Waals surface area contributed by atoms with Crippen LogP contribution in [0.3, 0.4) is 0 Å². The second kappa shape index (κ2) is 5.91. The Hall–Kier alpha value is -0.490. The molecule has 1 saturated heterocycles. The fraction of sp³-hybridized carbons (Fsp3) is 0.500. The summed E-state index contributed by atoms with van der Waals surface area (Å²) in [5, 5.41) is 0. The molecule has 0 saturated carbocycles. The van der Waals surface area contributed by atoms with Crippen molar-refractivity contribution in [2.75, 3.05) is 13.2 Å². The number of nitrogens with two attached hydrogens (primary N) is 1. The highest BCUT2D eigenvalue weighted by molar-refractivity contribution is 9.10. The van der Waals surface area contributed by atoms with Gasteiger partial charge in [0.05, 0.1) is 6.61 Å². The molecule has 3 N–H and O–H groups in total. The molecule has 0 bridgehead atoms. The summed E-state index contributed by atoms with van der Waals surface area (Å²) in [6.07, 6.45) is 1.57. The molecule has 5 heteroatoms. The third kappa shape index (κ3) is 3.25. The molecule has 0 radical (unpaired) electrons. The molecule has 0 spiro atoms. The molecular weight excluding hydrogens is 287 g/mol. The summed E-state index contributed by atoms with van der Waals surface area (Å²) < 4.78 is 19.8. The lowest BCUT2D eigenvalue weighted by molar-refractivity contribution is 0.176. The van der Waals surface area contributed by atoms with E-state index < -0.39 is 0 Å². The van der Waals surface area contributed by atoms with E-state index in [-0.39, 0.29) is 11.9 Å². The van der Waals surface area contributed by atoms with Gasteiger partial charge in [-0.2, -0.15) is 0 Å². The molecule has 1 aromatic carbocycles. The van der Waals surface area contributed by atoms with E-state index in [0.717, 1.165) is 17.5 Å². The van der Waals surface area contributed by atoms with Crippen LogP contribution in [0.15, 0.2) is 22.7 Å². The molecule has 1 fully saturated rings. The Labute approximate surface area is 109 Å². The maximum absolute atomic E-state index is 13.7. The molecule has 2 rings (SSSR count). The molecule has 0 aromatic heterocycles. The minimum absolute atomic E-state index is 0.0631. The van der Waals surface area contributed by atoms with E-state index in [1.54, 1.807) is 6.07 Å². The van der Waals surface area contributed by atoms with Crippen LogP contribution in [0.4, 0.5) is 4.39 Å². The summed E-state index contributed by atoms with van der Waals surface area (Å²) in [5.74, 6) is 5.71. The van der Waals surface area contributed by atoms with Crippen molar-refractivity contribution in [2.45, 2.75) is 18.9 Å². The summed E-state index contributed by atoms with van der Waals surface area (Å²) in [7, 11) is 0. The van der Waals surface area contributed by atoms with E-state index in [1.807, 2.05) is 6.07 Å². The van der Waals surface area contributed by atoms with Gasteiger partial charge < -0.3 is 4.74 Å². The molecule has 1 aromatic rings. The number of rotatable bonds is 4. The molecule has 1 aliphatic heterocycles. The van der Waals surface area contributed by atoms with Crippen molar-refractivity contribution in [1.29, 1.82) is 0 Å². The van der Waals surface area contributed by atoms with Gasteiger partial charge in [0.1, 0.15) is 5.82 Å². The Morgan fingerprint density at radius 3 is 3.00 bits per heavy atom. The van der Waals surface area contributed by atoms with E-state index >= 15 is 0 Å². The normalized spacial score (nSPS) is 21.7. The molecule has 3 nitrogen and oxygen atoms in total. The van der Waals surface area contributed by atoms with Gasteiger partial charge in [-0.1, -0.05) is 22.0 Å². The molecule has 2 atom stereocenters. The molecule has 0 amide bonds. The van der Waals surface area contributed by atoms with Gasteiger partial charge in [0.2, 0.25) is 0 Å². The Kier molecular flexibility index (Phi) is 4.50. The van der Waals surface area contributed by atoms with Crippen LogP contribution in [0.1, 0.15) is 12.0 Å². The van der Waals surface area contributed by atoms with Crippen molar-refractivity contribution < 1.29 is 9.13 Å². The van der Waals surface area contributed by atoms with Gasteiger partial charge in [0.15, 0.2) is 0 Å². The Bertz CT molecular complexity index is 383. The van der Waals surface area contributed by atoms with Crippen molar-refractivity contribution in [2.24, 2.45) is 11.8 Å². The topological polar surface area (TPSA) is 47.3 Å². The lowest BCUT2D eigenvalue weighted by atomic mass is 9.93. The van der Waals surface area contributed by atoms with Crippen LogP contribution in [0.5, 0.6) is 0 Å². The highest BCUT2D eigenvalue weighted by Crippen LogP contribution is 2.22. The van der Waals surface area contributed by atoms with Crippen LogP contribution in [-0.2, 0) is 11.2 Å². The summed E-state index contributed by atoms with van der Waals surface area (Å²) in [6.45, 7) is 1.47. The first kappa shape index (κ1) is 13.0. The van der Waals surface area contributed by atoms with E-state index in [2.05, 4.69) is 21.4 Å². The minimum Gasteiger partial charge on any atom is -0.381 e. The average Bonchev–Trinajstić information content (AvgIpc) is 2.81. The SMILES string of the molecule is NNC(Cc1ccc(Br)cc1F)C1CCOC1. The fourth-order valence-electron chi connectivity index (χ4n) is 2.16. The molecule has 1 heterocycles. The van der Waals surface area contributed by atoms with E-state index in [0.29, 0.717) is 24.5 Å². The monoisotopic (exact) mass is 302 g/mol. The first-order valence-electron chi connectivity index (χ1n) is 5.68. The summed E-state index contributed by atoms with van der Waals surface area (Å²) in [6, 6.07) is 5.18. The average molecular weight is 303 g/mol. The Balaban J connectivity index is 2.06. The first-order chi connectivity index (χ1) is 8.20. The lowest BCUT2D eigenvalue weighted by Gasteiger charge is -2.21. The summed E-state index contributed by atoms with van der Waals surface area (Å²) in [4.78, 5) is 0. The van der Waals surface area contributed by atoms with Crippen LogP contribution in [-0.4, -0.2) is 19.3 Å². The zero-order valence-corrected chi connectivity index (χ0v) is 11.0. The number of halogens is 2. The van der Waals surface area contributed by atoms with E-state index in [9.17, 15) is 4.39 Å². The smallest absolute Gasteiger partial charge is 0.127 e. The van der Waals surface area contributed by atoms with Crippen LogP contribution >= 0.6 is 15.9 Å². The quantitative estimate of drug-likeness (QED) is 0.661. The largest absolute Gasteiger partial charge is 0.381 e. The highest BCUT2D eigenvalue weighted by atomic mass is 79.9. The molecule has 17 heavy (non-hydrogen) atoms. The van der Waals surface area contributed by atoms with Gasteiger partial charge in [-0.3, -0.25) is 11.3 Å². The highest BCUT2D eigenvalue weighted by Gasteiger charge is 2.25. The number of hydrogen-bond acceptors (Lipinski definition) is 3. The van der Waals surface area contributed by atoms with Gasteiger partial charge in [0.25, 0.3) is 0 Å². The van der Waals surface area contributed by atoms with Crippen molar-refractivity contribution in [3.05, 3.63) is 34.1 Å². The second-order valence-electron chi connectivity index (χ2n) is 4.34. The standard InChI is InChI=1S/C12H16BrFN2O/c13-10-2-1-8(11(14)6-10)5-12(16-15)9-3-4-17-7-9/h1-2,6,9,12,16H,3-5,7,15H2. The third-order valence-electron chi connectivity index (χ3n) is 3.20. The minimum atomic E-state index is -0.196. The third-order valence-corrected chi connectivity index (χ3v) is 3.70. The number of ether oxygens (including phenoxy) is 1.